The third kappa shape index (κ3) is 3.77. The molecule has 1 aromatic rings. The first-order valence-corrected chi connectivity index (χ1v) is 7.20. The van der Waals surface area contributed by atoms with Gasteiger partial charge in [-0.25, -0.2) is 0 Å². The first-order chi connectivity index (χ1) is 9.40. The van der Waals surface area contributed by atoms with Crippen LogP contribution in [0.25, 0.3) is 0 Å². The maximum Gasteiger partial charge on any atom is 0.319 e. The molecule has 0 heterocycles. The quantitative estimate of drug-likeness (QED) is 0.607. The summed E-state index contributed by atoms with van der Waals surface area (Å²) < 4.78 is 17.1. The Morgan fingerprint density at radius 1 is 1.55 bits per heavy atom. The van der Waals surface area contributed by atoms with Crippen LogP contribution < -0.4 is 4.74 Å². The standard InChI is InChI=1S/C12H15NO6S/c1-3-11(12(14)15)20(18)7-8-6-9(13(16)17)4-5-10(8)19-2/h4-6,11H,3,7H2,1-2H3,(H,14,15). The minimum Gasteiger partial charge on any atom is -0.496 e. The molecule has 0 radical (unpaired) electrons. The molecule has 20 heavy (non-hydrogen) atoms. The molecule has 8 heteroatoms. The molecule has 2 atom stereocenters. The maximum atomic E-state index is 12.0. The number of benzene rings is 1. The number of nitro groups is 1. The molecule has 2 unspecified atom stereocenters. The van der Waals surface area contributed by atoms with Crippen LogP contribution in [0.3, 0.4) is 0 Å². The molecule has 0 amide bonds. The fourth-order valence-electron chi connectivity index (χ4n) is 1.72. The van der Waals surface area contributed by atoms with E-state index < -0.39 is 26.9 Å². The highest BCUT2D eigenvalue weighted by Gasteiger charge is 2.24. The average Bonchev–Trinajstić information content (AvgIpc) is 2.38. The molecule has 1 aromatic carbocycles. The van der Waals surface area contributed by atoms with Gasteiger partial charge in [0.2, 0.25) is 0 Å². The summed E-state index contributed by atoms with van der Waals surface area (Å²) >= 11 is 0. The second kappa shape index (κ2) is 6.99. The minimum atomic E-state index is -1.67. The molecule has 0 aliphatic heterocycles. The van der Waals surface area contributed by atoms with E-state index in [9.17, 15) is 19.1 Å². The van der Waals surface area contributed by atoms with Gasteiger partial charge < -0.3 is 9.84 Å². The van der Waals surface area contributed by atoms with Crippen LogP contribution in [-0.4, -0.2) is 32.6 Å². The molecule has 0 spiro atoms. The highest BCUT2D eigenvalue weighted by atomic mass is 32.2. The van der Waals surface area contributed by atoms with Gasteiger partial charge in [-0.2, -0.15) is 0 Å². The van der Waals surface area contributed by atoms with Crippen LogP contribution in [0.4, 0.5) is 5.69 Å². The van der Waals surface area contributed by atoms with Gasteiger partial charge in [-0.15, -0.1) is 0 Å². The van der Waals surface area contributed by atoms with E-state index in [0.717, 1.165) is 0 Å². The molecule has 0 saturated carbocycles. The second-order valence-corrected chi connectivity index (χ2v) is 5.63. The fraction of sp³-hybridized carbons (Fsp3) is 0.417. The molecule has 7 nitrogen and oxygen atoms in total. The SMILES string of the molecule is CCC(C(=O)O)S(=O)Cc1cc([N+](=O)[O-])ccc1OC. The number of carbonyl (C=O) groups is 1. The van der Waals surface area contributed by atoms with Gasteiger partial charge >= 0.3 is 5.97 Å². The van der Waals surface area contributed by atoms with Gasteiger partial charge in [0, 0.05) is 28.5 Å². The summed E-state index contributed by atoms with van der Waals surface area (Å²) in [5.41, 5.74) is 0.209. The molecule has 0 bridgehead atoms. The zero-order valence-corrected chi connectivity index (χ0v) is 11.9. The number of carboxylic acids is 1. The van der Waals surface area contributed by atoms with Crippen LogP contribution in [0.2, 0.25) is 0 Å². The van der Waals surface area contributed by atoms with E-state index in [1.165, 1.54) is 25.3 Å². The van der Waals surface area contributed by atoms with Crippen LogP contribution in [0.1, 0.15) is 18.9 Å². The van der Waals surface area contributed by atoms with Crippen molar-refractivity contribution in [2.45, 2.75) is 24.3 Å². The monoisotopic (exact) mass is 301 g/mol. The van der Waals surface area contributed by atoms with Crippen LogP contribution in [0.15, 0.2) is 18.2 Å². The lowest BCUT2D eigenvalue weighted by atomic mass is 10.2. The number of ether oxygens (including phenoxy) is 1. The largest absolute Gasteiger partial charge is 0.496 e. The van der Waals surface area contributed by atoms with E-state index >= 15 is 0 Å². The lowest BCUT2D eigenvalue weighted by Gasteiger charge is -2.12. The van der Waals surface area contributed by atoms with Crippen molar-refractivity contribution in [3.8, 4) is 5.75 Å². The molecular weight excluding hydrogens is 286 g/mol. The van der Waals surface area contributed by atoms with E-state index in [2.05, 4.69) is 0 Å². The molecule has 0 aliphatic carbocycles. The summed E-state index contributed by atoms with van der Waals surface area (Å²) in [5.74, 6) is -0.894. The molecule has 0 aliphatic rings. The molecule has 110 valence electrons. The topological polar surface area (TPSA) is 107 Å². The van der Waals surface area contributed by atoms with Crippen molar-refractivity contribution < 1.29 is 23.8 Å². The predicted octanol–water partition coefficient (Wildman–Crippen LogP) is 1.72. The molecule has 1 rings (SSSR count). The van der Waals surface area contributed by atoms with Crippen molar-refractivity contribution in [2.24, 2.45) is 0 Å². The van der Waals surface area contributed by atoms with E-state index in [1.54, 1.807) is 6.92 Å². The summed E-state index contributed by atoms with van der Waals surface area (Å²) in [6.45, 7) is 1.63. The minimum absolute atomic E-state index is 0.102. The van der Waals surface area contributed by atoms with Gasteiger partial charge in [0.15, 0.2) is 0 Å². The fourth-order valence-corrected chi connectivity index (χ4v) is 3.05. The van der Waals surface area contributed by atoms with Gasteiger partial charge in [-0.05, 0) is 12.5 Å². The highest BCUT2D eigenvalue weighted by molar-refractivity contribution is 7.85. The molecule has 1 N–H and O–H groups in total. The van der Waals surface area contributed by atoms with Gasteiger partial charge in [0.05, 0.1) is 17.8 Å². The Balaban J connectivity index is 3.06. The number of rotatable bonds is 7. The van der Waals surface area contributed by atoms with Gasteiger partial charge in [-0.1, -0.05) is 6.92 Å². The maximum absolute atomic E-state index is 12.0. The zero-order valence-electron chi connectivity index (χ0n) is 11.1. The number of nitrogens with zero attached hydrogens (tertiary/aromatic N) is 1. The van der Waals surface area contributed by atoms with E-state index in [0.29, 0.717) is 11.3 Å². The van der Waals surface area contributed by atoms with Crippen molar-refractivity contribution in [3.63, 3.8) is 0 Å². The predicted molar refractivity (Wildman–Crippen MR) is 73.2 cm³/mol. The Morgan fingerprint density at radius 3 is 2.65 bits per heavy atom. The van der Waals surface area contributed by atoms with Gasteiger partial charge in [-0.3, -0.25) is 19.1 Å². The van der Waals surface area contributed by atoms with Crippen LogP contribution in [0, 0.1) is 10.1 Å². The van der Waals surface area contributed by atoms with Crippen LogP contribution in [0.5, 0.6) is 5.75 Å². The number of methoxy groups -OCH3 is 1. The molecule has 0 fully saturated rings. The third-order valence-corrected chi connectivity index (χ3v) is 4.50. The van der Waals surface area contributed by atoms with Crippen LogP contribution in [-0.2, 0) is 21.3 Å². The summed E-state index contributed by atoms with van der Waals surface area (Å²) in [4.78, 5) is 21.1. The Kier molecular flexibility index (Phi) is 5.63. The number of hydrogen-bond donors (Lipinski definition) is 1. The summed E-state index contributed by atoms with van der Waals surface area (Å²) in [6, 6.07) is 3.94. The number of hydrogen-bond acceptors (Lipinski definition) is 5. The first kappa shape index (κ1) is 16.1. The third-order valence-electron chi connectivity index (χ3n) is 2.74. The van der Waals surface area contributed by atoms with E-state index in [1.807, 2.05) is 0 Å². The van der Waals surface area contributed by atoms with Crippen molar-refractivity contribution in [3.05, 3.63) is 33.9 Å². The Bertz CT molecular complexity index is 545. The highest BCUT2D eigenvalue weighted by Crippen LogP contribution is 2.26. The van der Waals surface area contributed by atoms with Crippen molar-refractivity contribution in [1.29, 1.82) is 0 Å². The van der Waals surface area contributed by atoms with Crippen LogP contribution >= 0.6 is 0 Å². The number of carboxylic acid groups (broad SMARTS) is 1. The summed E-state index contributed by atoms with van der Waals surface area (Å²) in [6.07, 6.45) is 0.221. The average molecular weight is 301 g/mol. The van der Waals surface area contributed by atoms with Gasteiger partial charge in [0.1, 0.15) is 11.0 Å². The summed E-state index contributed by atoms with van der Waals surface area (Å²) in [7, 11) is -0.283. The Labute approximate surface area is 118 Å². The Hall–Kier alpha value is -1.96. The molecular formula is C12H15NO6S. The Morgan fingerprint density at radius 2 is 2.20 bits per heavy atom. The molecule has 0 saturated heterocycles. The molecule has 0 aromatic heterocycles. The van der Waals surface area contributed by atoms with Crippen molar-refractivity contribution in [2.75, 3.05) is 7.11 Å². The smallest absolute Gasteiger partial charge is 0.319 e. The second-order valence-electron chi connectivity index (χ2n) is 4.01. The lowest BCUT2D eigenvalue weighted by Crippen LogP contribution is -2.25. The normalized spacial score (nSPS) is 13.5. The van der Waals surface area contributed by atoms with Crippen molar-refractivity contribution in [1.82, 2.24) is 0 Å². The number of aliphatic carboxylic acids is 1. The van der Waals surface area contributed by atoms with E-state index in [4.69, 9.17) is 9.84 Å². The summed E-state index contributed by atoms with van der Waals surface area (Å²) in [5, 5.41) is 18.7. The number of non-ortho nitro benzene ring substituents is 1. The van der Waals surface area contributed by atoms with Gasteiger partial charge in [0.25, 0.3) is 5.69 Å². The first-order valence-electron chi connectivity index (χ1n) is 5.82. The number of nitro benzene ring substituents is 1. The van der Waals surface area contributed by atoms with Crippen molar-refractivity contribution >= 4 is 22.5 Å². The zero-order chi connectivity index (χ0) is 15.3. The lowest BCUT2D eigenvalue weighted by molar-refractivity contribution is -0.384. The van der Waals surface area contributed by atoms with E-state index in [-0.39, 0.29) is 17.9 Å².